The molecule has 0 aromatic heterocycles. The summed E-state index contributed by atoms with van der Waals surface area (Å²) in [6, 6.07) is 5.80. The van der Waals surface area contributed by atoms with Gasteiger partial charge in [-0.3, -0.25) is 4.79 Å². The van der Waals surface area contributed by atoms with Crippen LogP contribution in [0.25, 0.3) is 0 Å². The monoisotopic (exact) mass is 343 g/mol. The normalized spacial score (nSPS) is 17.1. The van der Waals surface area contributed by atoms with Gasteiger partial charge in [-0.15, -0.1) is 0 Å². The summed E-state index contributed by atoms with van der Waals surface area (Å²) >= 11 is 0. The van der Waals surface area contributed by atoms with Crippen LogP contribution in [0.15, 0.2) is 29.2 Å². The van der Waals surface area contributed by atoms with E-state index < -0.39 is 15.6 Å². The molecular formula is C15H21NO6S. The zero-order valence-electron chi connectivity index (χ0n) is 13.2. The molecule has 23 heavy (non-hydrogen) atoms. The molecule has 2 rings (SSSR count). The lowest BCUT2D eigenvalue weighted by Gasteiger charge is -2.22. The second-order valence-corrected chi connectivity index (χ2v) is 7.46. The van der Waals surface area contributed by atoms with Crippen LogP contribution in [0.4, 0.5) is 0 Å². The summed E-state index contributed by atoms with van der Waals surface area (Å²) in [5.74, 6) is -1.22. The number of carbonyl (C=O) groups excluding carboxylic acids is 1. The minimum absolute atomic E-state index is 0.0952. The first-order chi connectivity index (χ1) is 10.9. The summed E-state index contributed by atoms with van der Waals surface area (Å²) in [6.07, 6.45) is 0. The van der Waals surface area contributed by atoms with Crippen molar-refractivity contribution in [2.75, 3.05) is 39.2 Å². The van der Waals surface area contributed by atoms with Crippen LogP contribution in [0.1, 0.15) is 17.3 Å². The molecule has 1 fully saturated rings. The first kappa shape index (κ1) is 17.9. The van der Waals surface area contributed by atoms with Crippen LogP contribution in [0.2, 0.25) is 0 Å². The Labute approximate surface area is 135 Å². The highest BCUT2D eigenvalue weighted by atomic mass is 32.2. The predicted molar refractivity (Wildman–Crippen MR) is 83.0 cm³/mol. The van der Waals surface area contributed by atoms with Gasteiger partial charge in [-0.2, -0.15) is 0 Å². The van der Waals surface area contributed by atoms with Gasteiger partial charge in [0.2, 0.25) is 0 Å². The van der Waals surface area contributed by atoms with Crippen LogP contribution in [0.5, 0.6) is 0 Å². The second-order valence-electron chi connectivity index (χ2n) is 5.35. The molecular weight excluding hydrogens is 322 g/mol. The van der Waals surface area contributed by atoms with Gasteiger partial charge < -0.3 is 19.5 Å². The van der Waals surface area contributed by atoms with E-state index in [9.17, 15) is 13.2 Å². The maximum absolute atomic E-state index is 12.1. The third kappa shape index (κ3) is 4.74. The maximum atomic E-state index is 12.1. The van der Waals surface area contributed by atoms with E-state index in [0.29, 0.717) is 18.8 Å². The summed E-state index contributed by atoms with van der Waals surface area (Å²) in [6.45, 7) is 3.11. The Kier molecular flexibility index (Phi) is 5.74. The molecule has 1 amide bonds. The minimum atomic E-state index is -3.40. The summed E-state index contributed by atoms with van der Waals surface area (Å²) < 4.78 is 39.6. The number of rotatable bonds is 7. The first-order valence-electron chi connectivity index (χ1n) is 7.24. The Morgan fingerprint density at radius 1 is 1.26 bits per heavy atom. The lowest BCUT2D eigenvalue weighted by atomic mass is 10.2. The molecule has 0 bridgehead atoms. The molecule has 1 heterocycles. The Morgan fingerprint density at radius 2 is 1.87 bits per heavy atom. The highest BCUT2D eigenvalue weighted by Crippen LogP contribution is 2.17. The molecule has 1 saturated heterocycles. The van der Waals surface area contributed by atoms with Crippen LogP contribution < -0.4 is 5.32 Å². The van der Waals surface area contributed by atoms with Gasteiger partial charge >= 0.3 is 0 Å². The van der Waals surface area contributed by atoms with Gasteiger partial charge in [-0.25, -0.2) is 8.42 Å². The van der Waals surface area contributed by atoms with E-state index in [1.54, 1.807) is 6.92 Å². The number of hydrogen-bond donors (Lipinski definition) is 1. The molecule has 0 atom stereocenters. The van der Waals surface area contributed by atoms with E-state index in [-0.39, 0.29) is 29.7 Å². The molecule has 0 saturated carbocycles. The molecule has 1 aromatic carbocycles. The van der Waals surface area contributed by atoms with Gasteiger partial charge in [0.25, 0.3) is 5.91 Å². The molecule has 0 radical (unpaired) electrons. The highest BCUT2D eigenvalue weighted by Gasteiger charge is 2.31. The lowest BCUT2D eigenvalue weighted by Crippen LogP contribution is -2.41. The van der Waals surface area contributed by atoms with Gasteiger partial charge in [0.05, 0.1) is 37.0 Å². The number of methoxy groups -OCH3 is 1. The molecule has 0 aliphatic carbocycles. The summed E-state index contributed by atoms with van der Waals surface area (Å²) in [5.41, 5.74) is 0.372. The third-order valence-corrected chi connectivity index (χ3v) is 5.19. The Balaban J connectivity index is 1.97. The fourth-order valence-electron chi connectivity index (χ4n) is 2.13. The Bertz CT molecular complexity index is 634. The lowest BCUT2D eigenvalue weighted by molar-refractivity contribution is -0.136. The largest absolute Gasteiger partial charge is 0.384 e. The number of carbonyl (C=O) groups is 1. The Morgan fingerprint density at radius 3 is 2.43 bits per heavy atom. The zero-order valence-corrected chi connectivity index (χ0v) is 14.0. The van der Waals surface area contributed by atoms with Gasteiger partial charge in [0, 0.05) is 12.7 Å². The third-order valence-electron chi connectivity index (χ3n) is 3.50. The average molecular weight is 343 g/mol. The molecule has 7 nitrogen and oxygen atoms in total. The van der Waals surface area contributed by atoms with Crippen molar-refractivity contribution in [3.63, 3.8) is 0 Å². The number of sulfone groups is 1. The van der Waals surface area contributed by atoms with E-state index >= 15 is 0 Å². The standard InChI is InChI=1S/C15H21NO6S/c1-15(21-7-8-22-15)11-16-14(17)12-3-5-13(6-4-12)23(18,19)10-9-20-2/h3-6H,7-11H2,1-2H3,(H,16,17). The quantitative estimate of drug-likeness (QED) is 0.780. The van der Waals surface area contributed by atoms with Gasteiger partial charge in [-0.05, 0) is 31.2 Å². The highest BCUT2D eigenvalue weighted by molar-refractivity contribution is 7.91. The number of hydrogen-bond acceptors (Lipinski definition) is 6. The molecule has 1 N–H and O–H groups in total. The van der Waals surface area contributed by atoms with Crippen LogP contribution in [-0.2, 0) is 24.0 Å². The van der Waals surface area contributed by atoms with Gasteiger partial charge in [0.15, 0.2) is 15.6 Å². The number of amides is 1. The summed E-state index contributed by atoms with van der Waals surface area (Å²) in [4.78, 5) is 12.3. The minimum Gasteiger partial charge on any atom is -0.384 e. The van der Waals surface area contributed by atoms with Crippen molar-refractivity contribution in [3.05, 3.63) is 29.8 Å². The topological polar surface area (TPSA) is 90.9 Å². The Hall–Kier alpha value is -1.48. The smallest absolute Gasteiger partial charge is 0.251 e. The van der Waals surface area contributed by atoms with E-state index in [1.807, 2.05) is 0 Å². The fourth-order valence-corrected chi connectivity index (χ4v) is 3.30. The van der Waals surface area contributed by atoms with E-state index in [1.165, 1.54) is 31.4 Å². The molecule has 8 heteroatoms. The van der Waals surface area contributed by atoms with Gasteiger partial charge in [0.1, 0.15) is 0 Å². The SMILES string of the molecule is COCCS(=O)(=O)c1ccc(C(=O)NCC2(C)OCCO2)cc1. The molecule has 0 unspecified atom stereocenters. The predicted octanol–water partition coefficient (Wildman–Crippen LogP) is 0.599. The average Bonchev–Trinajstić information content (AvgIpc) is 2.98. The number of benzene rings is 1. The summed E-state index contributed by atoms with van der Waals surface area (Å²) in [7, 11) is -1.95. The molecule has 128 valence electrons. The second kappa shape index (κ2) is 7.39. The molecule has 1 aliphatic heterocycles. The van der Waals surface area contributed by atoms with Crippen LogP contribution >= 0.6 is 0 Å². The van der Waals surface area contributed by atoms with Gasteiger partial charge in [-0.1, -0.05) is 0 Å². The molecule has 1 aliphatic rings. The van der Waals surface area contributed by atoms with Crippen molar-refractivity contribution in [2.45, 2.75) is 17.6 Å². The number of nitrogens with one attached hydrogen (secondary N) is 1. The van der Waals surface area contributed by atoms with Crippen molar-refractivity contribution in [2.24, 2.45) is 0 Å². The van der Waals surface area contributed by atoms with Crippen molar-refractivity contribution in [3.8, 4) is 0 Å². The first-order valence-corrected chi connectivity index (χ1v) is 8.89. The number of ether oxygens (including phenoxy) is 3. The van der Waals surface area contributed by atoms with Crippen molar-refractivity contribution in [1.29, 1.82) is 0 Å². The van der Waals surface area contributed by atoms with Crippen molar-refractivity contribution >= 4 is 15.7 Å². The van der Waals surface area contributed by atoms with Crippen LogP contribution in [0.3, 0.4) is 0 Å². The van der Waals surface area contributed by atoms with E-state index in [4.69, 9.17) is 14.2 Å². The summed E-state index contributed by atoms with van der Waals surface area (Å²) in [5, 5.41) is 2.72. The van der Waals surface area contributed by atoms with Crippen LogP contribution in [0, 0.1) is 0 Å². The maximum Gasteiger partial charge on any atom is 0.251 e. The molecule has 1 aromatic rings. The van der Waals surface area contributed by atoms with Crippen molar-refractivity contribution < 1.29 is 27.4 Å². The van der Waals surface area contributed by atoms with Crippen molar-refractivity contribution in [1.82, 2.24) is 5.32 Å². The fraction of sp³-hybridized carbons (Fsp3) is 0.533. The van der Waals surface area contributed by atoms with E-state index in [0.717, 1.165) is 0 Å². The van der Waals surface area contributed by atoms with E-state index in [2.05, 4.69) is 5.32 Å². The zero-order chi connectivity index (χ0) is 16.9. The molecule has 0 spiro atoms. The van der Waals surface area contributed by atoms with Crippen LogP contribution in [-0.4, -0.2) is 59.3 Å².